The van der Waals surface area contributed by atoms with E-state index in [1.165, 1.54) is 0 Å². The van der Waals surface area contributed by atoms with Crippen LogP contribution in [0.1, 0.15) is 59.9 Å². The highest BCUT2D eigenvalue weighted by molar-refractivity contribution is 6.63. The van der Waals surface area contributed by atoms with Crippen LogP contribution < -0.4 is 9.47 Å². The number of aromatic nitrogens is 1. The van der Waals surface area contributed by atoms with Gasteiger partial charge < -0.3 is 19.6 Å². The number of fused-ring (bicyclic) bond motifs is 2. The Hall–Kier alpha value is -5.17. The molecule has 0 spiro atoms. The summed E-state index contributed by atoms with van der Waals surface area (Å²) in [6.45, 7) is 0. The molecule has 4 atom stereocenters. The van der Waals surface area contributed by atoms with Crippen LogP contribution in [0.15, 0.2) is 106 Å². The molecule has 0 radical (unpaired) electrons. The van der Waals surface area contributed by atoms with Gasteiger partial charge in [-0.25, -0.2) is 4.99 Å². The van der Waals surface area contributed by atoms with Crippen LogP contribution in [0.2, 0.25) is 0 Å². The SMILES string of the molecule is COc1ccccc1C1=N/C(=C2\C(=O)C(=O)C(c3[nH]c(-c4ccccc4OC)c4c3C3C=CC4CC3)=C2O)C2=C1C1C=CC2CC1. The molecule has 7 nitrogen and oxygen atoms in total. The first-order valence-corrected chi connectivity index (χ1v) is 16.0. The third-order valence-corrected chi connectivity index (χ3v) is 10.7. The predicted molar refractivity (Wildman–Crippen MR) is 175 cm³/mol. The van der Waals surface area contributed by atoms with Gasteiger partial charge in [0.25, 0.3) is 0 Å². The topological polar surface area (TPSA) is 101 Å². The zero-order chi connectivity index (χ0) is 31.3. The van der Waals surface area contributed by atoms with E-state index in [-0.39, 0.29) is 40.6 Å². The highest BCUT2D eigenvalue weighted by Crippen LogP contribution is 2.55. The van der Waals surface area contributed by atoms with Crippen molar-refractivity contribution in [3.05, 3.63) is 123 Å². The number of aromatic amines is 1. The first-order chi connectivity index (χ1) is 22.5. The Morgan fingerprint density at radius 1 is 0.674 bits per heavy atom. The van der Waals surface area contributed by atoms with Crippen molar-refractivity contribution in [1.29, 1.82) is 0 Å². The maximum absolute atomic E-state index is 14.1. The summed E-state index contributed by atoms with van der Waals surface area (Å²) in [6, 6.07) is 15.5. The predicted octanol–water partition coefficient (Wildman–Crippen LogP) is 7.30. The van der Waals surface area contributed by atoms with E-state index in [1.807, 2.05) is 48.5 Å². The number of rotatable bonds is 5. The Bertz CT molecular complexity index is 2100. The maximum atomic E-state index is 14.1. The quantitative estimate of drug-likeness (QED) is 0.180. The van der Waals surface area contributed by atoms with Crippen LogP contribution in [0.4, 0.5) is 0 Å². The molecule has 7 aliphatic carbocycles. The molecule has 0 fully saturated rings. The zero-order valence-electron chi connectivity index (χ0n) is 25.6. The molecule has 7 heteroatoms. The molecule has 0 saturated heterocycles. The highest BCUT2D eigenvalue weighted by Gasteiger charge is 2.48. The van der Waals surface area contributed by atoms with E-state index < -0.39 is 11.6 Å². The molecule has 4 bridgehead atoms. The summed E-state index contributed by atoms with van der Waals surface area (Å²) in [5.41, 5.74) is 8.37. The summed E-state index contributed by atoms with van der Waals surface area (Å²) >= 11 is 0. The molecule has 2 heterocycles. The monoisotopic (exact) mass is 608 g/mol. The number of Topliss-reactive ketones (excluding diaryl/α,β-unsaturated/α-hetero) is 2. The van der Waals surface area contributed by atoms with Gasteiger partial charge in [-0.15, -0.1) is 0 Å². The summed E-state index contributed by atoms with van der Waals surface area (Å²) in [4.78, 5) is 36.7. The minimum Gasteiger partial charge on any atom is -0.506 e. The van der Waals surface area contributed by atoms with Crippen molar-refractivity contribution in [2.24, 2.45) is 16.8 Å². The van der Waals surface area contributed by atoms with E-state index in [4.69, 9.17) is 14.5 Å². The average Bonchev–Trinajstić information content (AvgIpc) is 3.77. The number of carbonyl (C=O) groups is 2. The highest BCUT2D eigenvalue weighted by atomic mass is 16.5. The van der Waals surface area contributed by atoms with Gasteiger partial charge in [0.1, 0.15) is 17.3 Å². The normalized spacial score (nSPS) is 27.1. The van der Waals surface area contributed by atoms with Gasteiger partial charge in [0.2, 0.25) is 11.6 Å². The van der Waals surface area contributed by atoms with Crippen molar-refractivity contribution in [2.75, 3.05) is 14.2 Å². The molecular formula is C39H32N2O5. The van der Waals surface area contributed by atoms with Gasteiger partial charge in [0.05, 0.1) is 48.2 Å². The summed E-state index contributed by atoms with van der Waals surface area (Å²) in [7, 11) is 3.28. The molecule has 4 unspecified atom stereocenters. The number of ether oxygens (including phenoxy) is 2. The fourth-order valence-corrected chi connectivity index (χ4v) is 8.65. The number of methoxy groups -OCH3 is 2. The van der Waals surface area contributed by atoms with E-state index in [0.717, 1.165) is 70.5 Å². The number of ketones is 2. The minimum absolute atomic E-state index is 0.00273. The number of carbonyl (C=O) groups excluding carboxylic acids is 2. The molecule has 2 aromatic carbocycles. The number of aliphatic hydroxyl groups excluding tert-OH is 1. The van der Waals surface area contributed by atoms with E-state index in [1.54, 1.807) is 14.2 Å². The summed E-state index contributed by atoms with van der Waals surface area (Å²) in [6.07, 6.45) is 12.7. The van der Waals surface area contributed by atoms with Crippen molar-refractivity contribution in [2.45, 2.75) is 37.5 Å². The second kappa shape index (κ2) is 9.91. The van der Waals surface area contributed by atoms with Gasteiger partial charge in [-0.05, 0) is 72.2 Å². The number of nitrogens with one attached hydrogen (secondary N) is 1. The number of hydrogen-bond acceptors (Lipinski definition) is 6. The molecule has 228 valence electrons. The molecule has 1 aliphatic heterocycles. The van der Waals surface area contributed by atoms with Crippen LogP contribution in [-0.4, -0.2) is 41.6 Å². The number of para-hydroxylation sites is 2. The molecule has 46 heavy (non-hydrogen) atoms. The maximum Gasteiger partial charge on any atom is 0.239 e. The number of aliphatic imine (C=N–C) groups is 1. The Kier molecular flexibility index (Phi) is 5.85. The molecule has 8 aliphatic rings. The van der Waals surface area contributed by atoms with Gasteiger partial charge in [0.15, 0.2) is 0 Å². The summed E-state index contributed by atoms with van der Waals surface area (Å²) in [5.74, 6) is 0.0989. The molecule has 11 rings (SSSR count). The number of allylic oxidation sites excluding steroid dienone is 8. The summed E-state index contributed by atoms with van der Waals surface area (Å²) in [5, 5.41) is 12.1. The van der Waals surface area contributed by atoms with Crippen LogP contribution >= 0.6 is 0 Å². The van der Waals surface area contributed by atoms with Crippen LogP contribution in [-0.2, 0) is 9.59 Å². The number of nitrogens with zero attached hydrogens (tertiary/aromatic N) is 1. The smallest absolute Gasteiger partial charge is 0.239 e. The lowest BCUT2D eigenvalue weighted by Crippen LogP contribution is -2.25. The van der Waals surface area contributed by atoms with Crippen LogP contribution in [0.5, 0.6) is 11.5 Å². The van der Waals surface area contributed by atoms with E-state index >= 15 is 0 Å². The van der Waals surface area contributed by atoms with Crippen LogP contribution in [0.3, 0.4) is 0 Å². The van der Waals surface area contributed by atoms with Gasteiger partial charge >= 0.3 is 0 Å². The number of benzene rings is 2. The van der Waals surface area contributed by atoms with Gasteiger partial charge in [-0.2, -0.15) is 0 Å². The average molecular weight is 609 g/mol. The Labute approximate surface area is 266 Å². The van der Waals surface area contributed by atoms with Crippen LogP contribution in [0, 0.1) is 11.8 Å². The van der Waals surface area contributed by atoms with Crippen molar-refractivity contribution >= 4 is 22.9 Å². The lowest BCUT2D eigenvalue weighted by Gasteiger charge is -2.33. The molecule has 2 N–H and O–H groups in total. The van der Waals surface area contributed by atoms with Crippen LogP contribution in [0.25, 0.3) is 16.8 Å². The van der Waals surface area contributed by atoms with Crippen molar-refractivity contribution < 1.29 is 24.2 Å². The third-order valence-electron chi connectivity index (χ3n) is 10.7. The largest absolute Gasteiger partial charge is 0.506 e. The first kappa shape index (κ1) is 27.2. The lowest BCUT2D eigenvalue weighted by atomic mass is 9.69. The Balaban J connectivity index is 1.28. The van der Waals surface area contributed by atoms with Crippen molar-refractivity contribution in [3.63, 3.8) is 0 Å². The first-order valence-electron chi connectivity index (χ1n) is 16.0. The van der Waals surface area contributed by atoms with Gasteiger partial charge in [0, 0.05) is 34.8 Å². The van der Waals surface area contributed by atoms with Gasteiger partial charge in [-0.3, -0.25) is 9.59 Å². The fraction of sp³-hybridized carbons (Fsp3) is 0.256. The minimum atomic E-state index is -0.719. The van der Waals surface area contributed by atoms with E-state index in [2.05, 4.69) is 29.3 Å². The fourth-order valence-electron chi connectivity index (χ4n) is 8.65. The molecule has 3 aromatic rings. The van der Waals surface area contributed by atoms with Crippen molar-refractivity contribution in [1.82, 2.24) is 4.98 Å². The number of aliphatic hydroxyl groups is 1. The lowest BCUT2D eigenvalue weighted by molar-refractivity contribution is -0.130. The molecule has 0 saturated carbocycles. The number of H-pyrrole nitrogens is 1. The third kappa shape index (κ3) is 3.57. The zero-order valence-corrected chi connectivity index (χ0v) is 25.6. The Morgan fingerprint density at radius 2 is 1.20 bits per heavy atom. The van der Waals surface area contributed by atoms with E-state index in [0.29, 0.717) is 22.9 Å². The molecule has 1 aromatic heterocycles. The van der Waals surface area contributed by atoms with Gasteiger partial charge in [-0.1, -0.05) is 48.6 Å². The molecular weight excluding hydrogens is 576 g/mol. The second-order valence-electron chi connectivity index (χ2n) is 12.8. The second-order valence-corrected chi connectivity index (χ2v) is 12.8. The van der Waals surface area contributed by atoms with E-state index in [9.17, 15) is 14.7 Å². The number of hydrogen-bond donors (Lipinski definition) is 2. The molecule has 0 amide bonds. The van der Waals surface area contributed by atoms with Crippen molar-refractivity contribution in [3.8, 4) is 22.8 Å². The standard InChI is InChI=1S/C39H32N2O5/c1-45-25-9-5-3-7-23(25)33-27-19-11-15-21(16-12-19)29(27)35(40-33)31-37(42)32(39(44)38(31)43)36-30-22-17-13-20(14-18-22)28(30)34(41-36)24-8-4-6-10-26(24)46-2/h3-11,13,15,17,19-22,40,42H,12,14,16,18H2,1-2H3/b36-32-. The Morgan fingerprint density at radius 3 is 1.83 bits per heavy atom. The summed E-state index contributed by atoms with van der Waals surface area (Å²) < 4.78 is 11.4.